The molecular formula is C6H12N2O3. The number of carboxylic acids is 1. The van der Waals surface area contributed by atoms with Crippen LogP contribution in [0.5, 0.6) is 0 Å². The number of hydrogen-bond acceptors (Lipinski definition) is 3. The lowest BCUT2D eigenvalue weighted by molar-refractivity contribution is -0.150. The molecule has 0 bridgehead atoms. The van der Waals surface area contributed by atoms with Crippen molar-refractivity contribution in [3.8, 4) is 0 Å². The molecular weight excluding hydrogens is 148 g/mol. The van der Waals surface area contributed by atoms with Gasteiger partial charge in [-0.1, -0.05) is 6.92 Å². The first kappa shape index (κ1) is 9.90. The summed E-state index contributed by atoms with van der Waals surface area (Å²) in [5.74, 6) is -2.48. The highest BCUT2D eigenvalue weighted by Gasteiger charge is 2.10. The Labute approximate surface area is 64.6 Å². The number of carbonyl (C=O) groups excluding carboxylic acids is 1. The van der Waals surface area contributed by atoms with Crippen LogP contribution in [-0.4, -0.2) is 29.6 Å². The Morgan fingerprint density at radius 3 is 2.55 bits per heavy atom. The first-order valence-electron chi connectivity index (χ1n) is 3.34. The quantitative estimate of drug-likeness (QED) is 0.458. The van der Waals surface area contributed by atoms with Crippen LogP contribution in [0.25, 0.3) is 0 Å². The first-order chi connectivity index (χ1) is 5.07. The van der Waals surface area contributed by atoms with E-state index in [1.54, 1.807) is 0 Å². The molecule has 0 radical (unpaired) electrons. The third-order valence-corrected chi connectivity index (χ3v) is 1.24. The minimum atomic E-state index is -1.48. The van der Waals surface area contributed by atoms with Crippen molar-refractivity contribution in [3.05, 3.63) is 0 Å². The zero-order valence-electron chi connectivity index (χ0n) is 6.33. The van der Waals surface area contributed by atoms with Crippen molar-refractivity contribution in [2.24, 2.45) is 5.73 Å². The number of nitrogens with one attached hydrogen (secondary N) is 1. The first-order valence-corrected chi connectivity index (χ1v) is 3.34. The molecule has 1 unspecified atom stereocenters. The van der Waals surface area contributed by atoms with Crippen LogP contribution in [0.15, 0.2) is 0 Å². The van der Waals surface area contributed by atoms with Crippen LogP contribution in [0.1, 0.15) is 13.3 Å². The Kier molecular flexibility index (Phi) is 4.21. The molecule has 0 aliphatic carbocycles. The number of hydrogen-bond donors (Lipinski definition) is 3. The van der Waals surface area contributed by atoms with Crippen molar-refractivity contribution in [2.75, 3.05) is 6.54 Å². The summed E-state index contributed by atoms with van der Waals surface area (Å²) in [6, 6.07) is -0.168. The van der Waals surface area contributed by atoms with Crippen LogP contribution in [0.2, 0.25) is 0 Å². The van der Waals surface area contributed by atoms with Gasteiger partial charge in [-0.2, -0.15) is 0 Å². The lowest BCUT2D eigenvalue weighted by Crippen LogP contribution is -2.39. The molecule has 0 fully saturated rings. The van der Waals surface area contributed by atoms with Crippen LogP contribution in [-0.2, 0) is 9.59 Å². The minimum Gasteiger partial charge on any atom is -0.474 e. The number of carbonyl (C=O) groups is 2. The summed E-state index contributed by atoms with van der Waals surface area (Å²) in [6.45, 7) is 2.07. The van der Waals surface area contributed by atoms with Gasteiger partial charge < -0.3 is 16.2 Å². The van der Waals surface area contributed by atoms with Gasteiger partial charge in [-0.25, -0.2) is 4.79 Å². The smallest absolute Gasteiger partial charge is 0.394 e. The molecule has 1 amide bonds. The summed E-state index contributed by atoms with van der Waals surface area (Å²) in [7, 11) is 0. The van der Waals surface area contributed by atoms with Gasteiger partial charge in [0.1, 0.15) is 0 Å². The summed E-state index contributed by atoms with van der Waals surface area (Å²) in [5, 5.41) is 10.3. The van der Waals surface area contributed by atoms with Crippen molar-refractivity contribution >= 4 is 11.9 Å². The Morgan fingerprint density at radius 2 is 2.18 bits per heavy atom. The SMILES string of the molecule is CCC(N)CNC(=O)C(=O)O. The fourth-order valence-corrected chi connectivity index (χ4v) is 0.444. The molecule has 11 heavy (non-hydrogen) atoms. The van der Waals surface area contributed by atoms with E-state index in [-0.39, 0.29) is 12.6 Å². The minimum absolute atomic E-state index is 0.168. The summed E-state index contributed by atoms with van der Waals surface area (Å²) in [5.41, 5.74) is 5.41. The van der Waals surface area contributed by atoms with Gasteiger partial charge in [0.15, 0.2) is 0 Å². The maximum absolute atomic E-state index is 10.4. The molecule has 0 saturated carbocycles. The van der Waals surface area contributed by atoms with E-state index in [2.05, 4.69) is 5.32 Å². The van der Waals surface area contributed by atoms with Crippen LogP contribution in [0.4, 0.5) is 0 Å². The van der Waals surface area contributed by atoms with Crippen LogP contribution in [0, 0.1) is 0 Å². The summed E-state index contributed by atoms with van der Waals surface area (Å²) < 4.78 is 0. The van der Waals surface area contributed by atoms with E-state index < -0.39 is 11.9 Å². The van der Waals surface area contributed by atoms with E-state index in [9.17, 15) is 9.59 Å². The normalized spacial score (nSPS) is 12.2. The maximum atomic E-state index is 10.4. The molecule has 0 aromatic carbocycles. The molecule has 0 heterocycles. The fourth-order valence-electron chi connectivity index (χ4n) is 0.444. The van der Waals surface area contributed by atoms with E-state index in [4.69, 9.17) is 10.8 Å². The average Bonchev–Trinajstić information content (AvgIpc) is 1.99. The Morgan fingerprint density at radius 1 is 1.64 bits per heavy atom. The lowest BCUT2D eigenvalue weighted by Gasteiger charge is -2.07. The monoisotopic (exact) mass is 160 g/mol. The molecule has 0 aliphatic heterocycles. The fraction of sp³-hybridized carbons (Fsp3) is 0.667. The zero-order chi connectivity index (χ0) is 8.85. The molecule has 0 saturated heterocycles. The summed E-state index contributed by atoms with van der Waals surface area (Å²) in [4.78, 5) is 20.3. The second-order valence-corrected chi connectivity index (χ2v) is 2.18. The molecule has 64 valence electrons. The van der Waals surface area contributed by atoms with Crippen LogP contribution in [0.3, 0.4) is 0 Å². The van der Waals surface area contributed by atoms with Crippen molar-refractivity contribution in [3.63, 3.8) is 0 Å². The highest BCUT2D eigenvalue weighted by atomic mass is 16.4. The Bertz CT molecular complexity index is 158. The van der Waals surface area contributed by atoms with Crippen molar-refractivity contribution in [1.82, 2.24) is 5.32 Å². The van der Waals surface area contributed by atoms with E-state index in [1.165, 1.54) is 0 Å². The molecule has 0 aliphatic rings. The highest BCUT2D eigenvalue weighted by Crippen LogP contribution is 1.81. The van der Waals surface area contributed by atoms with Crippen molar-refractivity contribution < 1.29 is 14.7 Å². The average molecular weight is 160 g/mol. The number of amides is 1. The van der Waals surface area contributed by atoms with Gasteiger partial charge in [0, 0.05) is 12.6 Å². The largest absolute Gasteiger partial charge is 0.474 e. The van der Waals surface area contributed by atoms with Crippen LogP contribution >= 0.6 is 0 Å². The predicted molar refractivity (Wildman–Crippen MR) is 38.9 cm³/mol. The maximum Gasteiger partial charge on any atom is 0.394 e. The number of carboxylic acid groups (broad SMARTS) is 1. The Balaban J connectivity index is 3.54. The van der Waals surface area contributed by atoms with Crippen molar-refractivity contribution in [2.45, 2.75) is 19.4 Å². The summed E-state index contributed by atoms with van der Waals surface area (Å²) in [6.07, 6.45) is 0.708. The van der Waals surface area contributed by atoms with Crippen LogP contribution < -0.4 is 11.1 Å². The second-order valence-electron chi connectivity index (χ2n) is 2.18. The van der Waals surface area contributed by atoms with Gasteiger partial charge in [0.05, 0.1) is 0 Å². The second kappa shape index (κ2) is 4.68. The molecule has 5 heteroatoms. The highest BCUT2D eigenvalue weighted by molar-refractivity contribution is 6.31. The van der Waals surface area contributed by atoms with E-state index in [1.807, 2.05) is 6.92 Å². The predicted octanol–water partition coefficient (Wildman–Crippen LogP) is -1.08. The van der Waals surface area contributed by atoms with Gasteiger partial charge in [-0.15, -0.1) is 0 Å². The molecule has 4 N–H and O–H groups in total. The molecule has 0 aromatic rings. The van der Waals surface area contributed by atoms with Gasteiger partial charge in [-0.05, 0) is 6.42 Å². The number of nitrogens with two attached hydrogens (primary N) is 1. The Hall–Kier alpha value is -1.10. The van der Waals surface area contributed by atoms with Gasteiger partial charge in [0.25, 0.3) is 0 Å². The third kappa shape index (κ3) is 4.32. The molecule has 0 aromatic heterocycles. The van der Waals surface area contributed by atoms with E-state index in [0.717, 1.165) is 0 Å². The van der Waals surface area contributed by atoms with E-state index >= 15 is 0 Å². The third-order valence-electron chi connectivity index (χ3n) is 1.24. The molecule has 5 nitrogen and oxygen atoms in total. The summed E-state index contributed by atoms with van der Waals surface area (Å²) >= 11 is 0. The molecule has 0 spiro atoms. The molecule has 1 atom stereocenters. The topological polar surface area (TPSA) is 92.4 Å². The number of aliphatic carboxylic acids is 1. The van der Waals surface area contributed by atoms with E-state index in [0.29, 0.717) is 6.42 Å². The lowest BCUT2D eigenvalue weighted by atomic mass is 10.2. The zero-order valence-corrected chi connectivity index (χ0v) is 6.33. The van der Waals surface area contributed by atoms with Gasteiger partial charge >= 0.3 is 11.9 Å². The standard InChI is InChI=1S/C6H12N2O3/c1-2-4(7)3-8-5(9)6(10)11/h4H,2-3,7H2,1H3,(H,8,9)(H,10,11). The van der Waals surface area contributed by atoms with Gasteiger partial charge in [-0.3, -0.25) is 4.79 Å². The van der Waals surface area contributed by atoms with Gasteiger partial charge in [0.2, 0.25) is 0 Å². The number of rotatable bonds is 3. The van der Waals surface area contributed by atoms with Crippen molar-refractivity contribution in [1.29, 1.82) is 0 Å². The molecule has 0 rings (SSSR count).